The lowest BCUT2D eigenvalue weighted by atomic mass is 9.97. The van der Waals surface area contributed by atoms with Gasteiger partial charge in [0.15, 0.2) is 0 Å². The van der Waals surface area contributed by atoms with Crippen molar-refractivity contribution < 1.29 is 14.3 Å². The van der Waals surface area contributed by atoms with Gasteiger partial charge in [0.05, 0.1) is 17.6 Å². The predicted molar refractivity (Wildman–Crippen MR) is 131 cm³/mol. The minimum absolute atomic E-state index is 0.0962. The lowest BCUT2D eigenvalue weighted by molar-refractivity contribution is -0.121. The van der Waals surface area contributed by atoms with E-state index in [2.05, 4.69) is 16.7 Å². The van der Waals surface area contributed by atoms with Crippen molar-refractivity contribution in [3.05, 3.63) is 83.9 Å². The van der Waals surface area contributed by atoms with Crippen molar-refractivity contribution in [1.82, 2.24) is 4.90 Å². The summed E-state index contributed by atoms with van der Waals surface area (Å²) in [6, 6.07) is 23.5. The van der Waals surface area contributed by atoms with Gasteiger partial charge in [0.1, 0.15) is 11.5 Å². The number of ether oxygens (including phenoxy) is 1. The summed E-state index contributed by atoms with van der Waals surface area (Å²) in [5.41, 5.74) is 2.88. The molecule has 7 nitrogen and oxygen atoms in total. The monoisotopic (exact) mass is 454 g/mol. The molecule has 1 fully saturated rings. The zero-order valence-electron chi connectivity index (χ0n) is 19.0. The summed E-state index contributed by atoms with van der Waals surface area (Å²) >= 11 is 0. The van der Waals surface area contributed by atoms with Crippen molar-refractivity contribution in [1.29, 1.82) is 5.26 Å². The van der Waals surface area contributed by atoms with Gasteiger partial charge in [0, 0.05) is 24.5 Å². The molecule has 1 atom stereocenters. The first-order valence-corrected chi connectivity index (χ1v) is 11.2. The summed E-state index contributed by atoms with van der Waals surface area (Å²) in [7, 11) is 0. The van der Waals surface area contributed by atoms with Crippen molar-refractivity contribution in [2.75, 3.05) is 23.7 Å². The Bertz CT molecular complexity index is 1200. The largest absolute Gasteiger partial charge is 0.457 e. The molecule has 1 heterocycles. The first-order valence-electron chi connectivity index (χ1n) is 11.2. The van der Waals surface area contributed by atoms with Crippen LogP contribution in [0.5, 0.6) is 11.5 Å². The number of likely N-dealkylation sites (tertiary alicyclic amines) is 1. The van der Waals surface area contributed by atoms with Crippen LogP contribution >= 0.6 is 0 Å². The molecule has 0 aliphatic carbocycles. The predicted octanol–water partition coefficient (Wildman–Crippen LogP) is 5.54. The highest BCUT2D eigenvalue weighted by Gasteiger charge is 2.28. The number of nitrogens with one attached hydrogen (secondary N) is 2. The minimum atomic E-state index is -0.274. The van der Waals surface area contributed by atoms with Crippen LogP contribution in [0.1, 0.15) is 24.0 Å². The summed E-state index contributed by atoms with van der Waals surface area (Å²) in [5.74, 6) is 0.901. The van der Waals surface area contributed by atoms with E-state index < -0.39 is 0 Å². The first kappa shape index (κ1) is 22.9. The van der Waals surface area contributed by atoms with Crippen LogP contribution in [0.2, 0.25) is 0 Å². The molecule has 3 amide bonds. The van der Waals surface area contributed by atoms with Crippen molar-refractivity contribution >= 4 is 23.3 Å². The quantitative estimate of drug-likeness (QED) is 0.529. The molecule has 172 valence electrons. The smallest absolute Gasteiger partial charge is 0.321 e. The number of benzene rings is 3. The Labute approximate surface area is 199 Å². The van der Waals surface area contributed by atoms with E-state index in [0.29, 0.717) is 35.8 Å². The number of carbonyl (C=O) groups is 2. The van der Waals surface area contributed by atoms with Gasteiger partial charge in [-0.2, -0.15) is 5.26 Å². The van der Waals surface area contributed by atoms with Gasteiger partial charge in [-0.25, -0.2) is 4.79 Å². The van der Waals surface area contributed by atoms with E-state index in [1.54, 1.807) is 35.2 Å². The summed E-state index contributed by atoms with van der Waals surface area (Å²) in [6.07, 6.45) is 1.51. The third kappa shape index (κ3) is 5.73. The number of carbonyl (C=O) groups excluding carboxylic acids is 2. The molecule has 2 N–H and O–H groups in total. The molecule has 3 aromatic rings. The summed E-state index contributed by atoms with van der Waals surface area (Å²) in [4.78, 5) is 27.3. The number of anilines is 2. The van der Waals surface area contributed by atoms with Crippen molar-refractivity contribution in [2.45, 2.75) is 19.8 Å². The van der Waals surface area contributed by atoms with Gasteiger partial charge >= 0.3 is 6.03 Å². The standard InChI is InChI=1S/C27H26N4O3/c1-19-16-24(34-23-11-9-20(17-28)10-12-23)13-14-25(19)30-26(32)21-6-5-15-31(18-21)27(33)29-22-7-3-2-4-8-22/h2-4,7-14,16,21H,5-6,15,18H2,1H3,(H,29,33)(H,30,32). The molecule has 0 bridgehead atoms. The molecular formula is C27H26N4O3. The molecule has 3 aromatic carbocycles. The first-order chi connectivity index (χ1) is 16.5. The molecule has 0 saturated carbocycles. The Morgan fingerprint density at radius 2 is 1.74 bits per heavy atom. The number of para-hydroxylation sites is 1. The van der Waals surface area contributed by atoms with E-state index in [1.165, 1.54) is 0 Å². The highest BCUT2D eigenvalue weighted by molar-refractivity contribution is 5.94. The van der Waals surface area contributed by atoms with E-state index in [0.717, 1.165) is 24.1 Å². The number of nitriles is 1. The number of urea groups is 1. The maximum Gasteiger partial charge on any atom is 0.321 e. The summed E-state index contributed by atoms with van der Waals surface area (Å²) in [6.45, 7) is 2.91. The van der Waals surface area contributed by atoms with Gasteiger partial charge in [-0.15, -0.1) is 0 Å². The molecule has 1 aliphatic rings. The third-order valence-electron chi connectivity index (χ3n) is 5.78. The third-order valence-corrected chi connectivity index (χ3v) is 5.78. The number of amides is 3. The van der Waals surface area contributed by atoms with E-state index in [1.807, 2.05) is 49.4 Å². The second-order valence-electron chi connectivity index (χ2n) is 8.29. The number of rotatable bonds is 5. The lowest BCUT2D eigenvalue weighted by Crippen LogP contribution is -2.45. The van der Waals surface area contributed by atoms with Gasteiger partial charge in [-0.1, -0.05) is 18.2 Å². The molecule has 4 rings (SSSR count). The summed E-state index contributed by atoms with van der Waals surface area (Å²) in [5, 5.41) is 14.8. The van der Waals surface area contributed by atoms with Crippen LogP contribution in [0.25, 0.3) is 0 Å². The second kappa shape index (κ2) is 10.5. The average molecular weight is 455 g/mol. The molecule has 0 radical (unpaired) electrons. The van der Waals surface area contributed by atoms with Crippen LogP contribution in [0.3, 0.4) is 0 Å². The number of piperidine rings is 1. The number of nitrogens with zero attached hydrogens (tertiary/aromatic N) is 2. The van der Waals surface area contributed by atoms with Gasteiger partial charge in [-0.05, 0) is 79.9 Å². The molecule has 1 saturated heterocycles. The topological polar surface area (TPSA) is 94.5 Å². The van der Waals surface area contributed by atoms with Crippen molar-refractivity contribution in [3.63, 3.8) is 0 Å². The van der Waals surface area contributed by atoms with Crippen LogP contribution in [0, 0.1) is 24.2 Å². The van der Waals surface area contributed by atoms with E-state index in [4.69, 9.17) is 10.00 Å². The fourth-order valence-corrected chi connectivity index (χ4v) is 3.91. The number of hydrogen-bond acceptors (Lipinski definition) is 4. The van der Waals surface area contributed by atoms with Crippen LogP contribution < -0.4 is 15.4 Å². The van der Waals surface area contributed by atoms with E-state index in [9.17, 15) is 9.59 Å². The zero-order valence-corrected chi connectivity index (χ0v) is 19.0. The van der Waals surface area contributed by atoms with Gasteiger partial charge in [0.25, 0.3) is 0 Å². The Hall–Kier alpha value is -4.31. The fourth-order valence-electron chi connectivity index (χ4n) is 3.91. The fraction of sp³-hybridized carbons (Fsp3) is 0.222. The number of hydrogen-bond donors (Lipinski definition) is 2. The maximum atomic E-state index is 13.0. The SMILES string of the molecule is Cc1cc(Oc2ccc(C#N)cc2)ccc1NC(=O)C1CCCN(C(=O)Nc2ccccc2)C1. The van der Waals surface area contributed by atoms with Crippen LogP contribution in [0.4, 0.5) is 16.2 Å². The Morgan fingerprint density at radius 1 is 1.00 bits per heavy atom. The molecule has 1 unspecified atom stereocenters. The molecule has 0 spiro atoms. The van der Waals surface area contributed by atoms with Gasteiger partial charge in [-0.3, -0.25) is 4.79 Å². The minimum Gasteiger partial charge on any atom is -0.457 e. The molecule has 0 aromatic heterocycles. The van der Waals surface area contributed by atoms with Crippen LogP contribution in [-0.4, -0.2) is 29.9 Å². The number of aryl methyl sites for hydroxylation is 1. The molecule has 7 heteroatoms. The average Bonchev–Trinajstić information content (AvgIpc) is 2.87. The molecular weight excluding hydrogens is 428 g/mol. The van der Waals surface area contributed by atoms with Crippen molar-refractivity contribution in [3.8, 4) is 17.6 Å². The second-order valence-corrected chi connectivity index (χ2v) is 8.29. The Kier molecular flexibility index (Phi) is 7.09. The van der Waals surface area contributed by atoms with Crippen LogP contribution in [-0.2, 0) is 4.79 Å². The zero-order chi connectivity index (χ0) is 23.9. The summed E-state index contributed by atoms with van der Waals surface area (Å²) < 4.78 is 5.85. The van der Waals surface area contributed by atoms with Crippen molar-refractivity contribution in [2.24, 2.45) is 5.92 Å². The Balaban J connectivity index is 1.35. The lowest BCUT2D eigenvalue weighted by Gasteiger charge is -2.32. The molecule has 1 aliphatic heterocycles. The highest BCUT2D eigenvalue weighted by Crippen LogP contribution is 2.27. The van der Waals surface area contributed by atoms with Crippen LogP contribution in [0.15, 0.2) is 72.8 Å². The molecule has 34 heavy (non-hydrogen) atoms. The van der Waals surface area contributed by atoms with Gasteiger partial charge < -0.3 is 20.3 Å². The Morgan fingerprint density at radius 3 is 2.44 bits per heavy atom. The highest BCUT2D eigenvalue weighted by atomic mass is 16.5. The van der Waals surface area contributed by atoms with E-state index >= 15 is 0 Å². The van der Waals surface area contributed by atoms with E-state index in [-0.39, 0.29) is 17.9 Å². The maximum absolute atomic E-state index is 13.0. The normalized spacial score (nSPS) is 15.2. The van der Waals surface area contributed by atoms with Gasteiger partial charge in [0.2, 0.25) is 5.91 Å².